The van der Waals surface area contributed by atoms with Crippen LogP contribution in [0.5, 0.6) is 11.5 Å². The van der Waals surface area contributed by atoms with E-state index in [4.69, 9.17) is 9.47 Å². The number of hydrogen-bond acceptors (Lipinski definition) is 4. The predicted molar refractivity (Wildman–Crippen MR) is 97.1 cm³/mol. The van der Waals surface area contributed by atoms with Crippen LogP contribution in [-0.2, 0) is 6.42 Å². The Kier molecular flexibility index (Phi) is 6.89. The molecule has 1 heterocycles. The maximum atomic E-state index is 5.33. The fraction of sp³-hybridized carbons (Fsp3) is 0.333. The largest absolute Gasteiger partial charge is 0.493 e. The van der Waals surface area contributed by atoms with Crippen LogP contribution in [0, 0.1) is 0 Å². The van der Waals surface area contributed by atoms with E-state index in [2.05, 4.69) is 26.7 Å². The second-order valence-corrected chi connectivity index (χ2v) is 5.07. The molecule has 2 N–H and O–H groups in total. The molecule has 0 bridgehead atoms. The number of guanidine groups is 1. The van der Waals surface area contributed by atoms with Crippen molar-refractivity contribution in [2.24, 2.45) is 4.99 Å². The lowest BCUT2D eigenvalue weighted by Crippen LogP contribution is -2.30. The van der Waals surface area contributed by atoms with Gasteiger partial charge in [-0.25, -0.2) is 0 Å². The van der Waals surface area contributed by atoms with Crippen molar-refractivity contribution in [2.75, 3.05) is 32.6 Å². The summed E-state index contributed by atoms with van der Waals surface area (Å²) in [4.78, 5) is 8.71. The molecule has 6 nitrogen and oxygen atoms in total. The second kappa shape index (κ2) is 9.39. The van der Waals surface area contributed by atoms with Crippen molar-refractivity contribution in [1.29, 1.82) is 0 Å². The Bertz CT molecular complexity index is 659. The van der Waals surface area contributed by atoms with E-state index in [0.717, 1.165) is 24.6 Å². The topological polar surface area (TPSA) is 67.8 Å². The average Bonchev–Trinajstić information content (AvgIpc) is 2.62. The number of pyridine rings is 1. The Labute approximate surface area is 142 Å². The summed E-state index contributed by atoms with van der Waals surface area (Å²) in [6, 6.07) is 9.66. The second-order valence-electron chi connectivity index (χ2n) is 5.07. The van der Waals surface area contributed by atoms with Gasteiger partial charge in [0.15, 0.2) is 17.5 Å². The van der Waals surface area contributed by atoms with Crippen LogP contribution in [0.2, 0.25) is 0 Å². The fourth-order valence-corrected chi connectivity index (χ4v) is 2.20. The SMILES string of the molecule is CCNC(=NCCc1cccnc1)Nc1ccc(OC)c(OC)c1. The standard InChI is InChI=1S/C18H24N4O2/c1-4-20-18(21-11-9-14-6-5-10-19-13-14)22-15-7-8-16(23-2)17(12-15)24-3/h5-8,10,12-13H,4,9,11H2,1-3H3,(H2,20,21,22). The van der Waals surface area contributed by atoms with E-state index in [9.17, 15) is 0 Å². The van der Waals surface area contributed by atoms with Crippen LogP contribution in [0.4, 0.5) is 5.69 Å². The highest BCUT2D eigenvalue weighted by Gasteiger charge is 2.06. The normalized spacial score (nSPS) is 11.0. The summed E-state index contributed by atoms with van der Waals surface area (Å²) in [6.45, 7) is 3.49. The molecule has 6 heteroatoms. The minimum atomic E-state index is 0.675. The van der Waals surface area contributed by atoms with Crippen LogP contribution >= 0.6 is 0 Å². The first kappa shape index (κ1) is 17.6. The average molecular weight is 328 g/mol. The first-order chi connectivity index (χ1) is 11.8. The number of ether oxygens (including phenoxy) is 2. The third-order valence-electron chi connectivity index (χ3n) is 3.38. The van der Waals surface area contributed by atoms with Gasteiger partial charge in [0.1, 0.15) is 0 Å². The van der Waals surface area contributed by atoms with Crippen molar-refractivity contribution in [3.8, 4) is 11.5 Å². The van der Waals surface area contributed by atoms with E-state index in [1.165, 1.54) is 5.56 Å². The third kappa shape index (κ3) is 5.15. The Balaban J connectivity index is 2.03. The molecule has 2 rings (SSSR count). The van der Waals surface area contributed by atoms with Crippen LogP contribution in [0.15, 0.2) is 47.7 Å². The molecule has 128 valence electrons. The van der Waals surface area contributed by atoms with Crippen molar-refractivity contribution >= 4 is 11.6 Å². The zero-order valence-corrected chi connectivity index (χ0v) is 14.4. The van der Waals surface area contributed by atoms with Gasteiger partial charge in [0.2, 0.25) is 0 Å². The van der Waals surface area contributed by atoms with Crippen LogP contribution in [0.25, 0.3) is 0 Å². The summed E-state index contributed by atoms with van der Waals surface area (Å²) in [6.07, 6.45) is 4.48. The molecule has 0 saturated carbocycles. The molecule has 0 aliphatic carbocycles. The van der Waals surface area contributed by atoms with Crippen molar-refractivity contribution in [3.63, 3.8) is 0 Å². The van der Waals surface area contributed by atoms with Gasteiger partial charge in [0.05, 0.1) is 14.2 Å². The smallest absolute Gasteiger partial charge is 0.195 e. The molecule has 0 aliphatic heterocycles. The lowest BCUT2D eigenvalue weighted by Gasteiger charge is -2.13. The van der Waals surface area contributed by atoms with Gasteiger partial charge < -0.3 is 20.1 Å². The van der Waals surface area contributed by atoms with E-state index in [1.807, 2.05) is 37.4 Å². The first-order valence-electron chi connectivity index (χ1n) is 7.93. The summed E-state index contributed by atoms with van der Waals surface area (Å²) >= 11 is 0. The van der Waals surface area contributed by atoms with Crippen LogP contribution in [0.1, 0.15) is 12.5 Å². The van der Waals surface area contributed by atoms with Gasteiger partial charge in [0.25, 0.3) is 0 Å². The molecular weight excluding hydrogens is 304 g/mol. The number of anilines is 1. The van der Waals surface area contributed by atoms with Crippen molar-refractivity contribution in [1.82, 2.24) is 10.3 Å². The van der Waals surface area contributed by atoms with Gasteiger partial charge in [-0.05, 0) is 37.1 Å². The zero-order valence-electron chi connectivity index (χ0n) is 14.4. The quantitative estimate of drug-likeness (QED) is 0.604. The molecular formula is C18H24N4O2. The lowest BCUT2D eigenvalue weighted by atomic mass is 10.2. The number of nitrogens with zero attached hydrogens (tertiary/aromatic N) is 2. The first-order valence-corrected chi connectivity index (χ1v) is 7.93. The number of nitrogens with one attached hydrogen (secondary N) is 2. The number of aliphatic imine (C=N–C) groups is 1. The molecule has 0 fully saturated rings. The van der Waals surface area contributed by atoms with Crippen LogP contribution in [-0.4, -0.2) is 38.3 Å². The molecule has 0 amide bonds. The van der Waals surface area contributed by atoms with E-state index in [1.54, 1.807) is 20.4 Å². The number of aromatic nitrogens is 1. The molecule has 1 aromatic heterocycles. The van der Waals surface area contributed by atoms with Crippen molar-refractivity contribution in [2.45, 2.75) is 13.3 Å². The van der Waals surface area contributed by atoms with Crippen molar-refractivity contribution < 1.29 is 9.47 Å². The number of methoxy groups -OCH3 is 2. The van der Waals surface area contributed by atoms with Crippen molar-refractivity contribution in [3.05, 3.63) is 48.3 Å². The molecule has 0 unspecified atom stereocenters. The maximum Gasteiger partial charge on any atom is 0.195 e. The fourth-order valence-electron chi connectivity index (χ4n) is 2.20. The molecule has 0 aliphatic rings. The Hall–Kier alpha value is -2.76. The van der Waals surface area contributed by atoms with Gasteiger partial charge in [-0.15, -0.1) is 0 Å². The minimum absolute atomic E-state index is 0.675. The molecule has 24 heavy (non-hydrogen) atoms. The zero-order chi connectivity index (χ0) is 17.2. The van der Waals surface area contributed by atoms with E-state index >= 15 is 0 Å². The number of benzene rings is 1. The van der Waals surface area contributed by atoms with E-state index in [-0.39, 0.29) is 0 Å². The maximum absolute atomic E-state index is 5.33. The summed E-state index contributed by atoms with van der Waals surface area (Å²) < 4.78 is 10.6. The van der Waals surface area contributed by atoms with E-state index < -0.39 is 0 Å². The Morgan fingerprint density at radius 3 is 2.67 bits per heavy atom. The number of rotatable bonds is 7. The number of hydrogen-bond donors (Lipinski definition) is 2. The molecule has 2 aromatic rings. The highest BCUT2D eigenvalue weighted by atomic mass is 16.5. The summed E-state index contributed by atoms with van der Waals surface area (Å²) in [5.41, 5.74) is 2.05. The molecule has 1 aromatic carbocycles. The molecule has 0 saturated heterocycles. The minimum Gasteiger partial charge on any atom is -0.493 e. The van der Waals surface area contributed by atoms with Gasteiger partial charge in [-0.2, -0.15) is 0 Å². The summed E-state index contributed by atoms with van der Waals surface area (Å²) in [5.74, 6) is 2.10. The Morgan fingerprint density at radius 2 is 2.00 bits per heavy atom. The van der Waals surface area contributed by atoms with Gasteiger partial charge in [-0.3, -0.25) is 9.98 Å². The lowest BCUT2D eigenvalue weighted by molar-refractivity contribution is 0.355. The monoisotopic (exact) mass is 328 g/mol. The van der Waals surface area contributed by atoms with Gasteiger partial charge >= 0.3 is 0 Å². The molecule has 0 spiro atoms. The third-order valence-corrected chi connectivity index (χ3v) is 3.38. The predicted octanol–water partition coefficient (Wildman–Crippen LogP) is 2.72. The van der Waals surface area contributed by atoms with Gasteiger partial charge in [-0.1, -0.05) is 6.07 Å². The molecule has 0 atom stereocenters. The highest BCUT2D eigenvalue weighted by molar-refractivity contribution is 5.93. The highest BCUT2D eigenvalue weighted by Crippen LogP contribution is 2.29. The Morgan fingerprint density at radius 1 is 1.17 bits per heavy atom. The van der Waals surface area contributed by atoms with Crippen LogP contribution in [0.3, 0.4) is 0 Å². The summed E-state index contributed by atoms with van der Waals surface area (Å²) in [7, 11) is 3.24. The molecule has 0 radical (unpaired) electrons. The summed E-state index contributed by atoms with van der Waals surface area (Å²) in [5, 5.41) is 6.51. The van der Waals surface area contributed by atoms with E-state index in [0.29, 0.717) is 18.0 Å². The van der Waals surface area contributed by atoms with Gasteiger partial charge in [0, 0.05) is 37.2 Å². The van der Waals surface area contributed by atoms with Crippen LogP contribution < -0.4 is 20.1 Å².